The third-order valence-electron chi connectivity index (χ3n) is 6.28. The molecule has 4 rings (SSSR count). The maximum Gasteiger partial charge on any atom is 0.120 e. The van der Waals surface area contributed by atoms with E-state index in [4.69, 9.17) is 18.9 Å². The molecule has 0 spiro atoms. The van der Waals surface area contributed by atoms with Crippen LogP contribution in [0.1, 0.15) is 83.1 Å². The van der Waals surface area contributed by atoms with E-state index in [2.05, 4.69) is 185 Å². The zero-order valence-corrected chi connectivity index (χ0v) is 32.1. The topological polar surface area (TPSA) is 49.0 Å². The average Bonchev–Trinajstić information content (AvgIpc) is 2.93. The third kappa shape index (κ3) is 12.1. The van der Waals surface area contributed by atoms with Crippen LogP contribution in [0.15, 0.2) is 97.1 Å². The van der Waals surface area contributed by atoms with Gasteiger partial charge in [0.25, 0.3) is 0 Å². The Hall–Kier alpha value is -3.10. The van der Waals surface area contributed by atoms with E-state index in [-0.39, 0.29) is 22.4 Å². The first-order chi connectivity index (χ1) is 21.7. The average molecular weight is 674 g/mol. The Morgan fingerprint density at radius 3 is 0.638 bits per heavy atom. The summed E-state index contributed by atoms with van der Waals surface area (Å²) in [6.07, 6.45) is 0. The van der Waals surface area contributed by atoms with Crippen molar-refractivity contribution in [1.29, 1.82) is 0 Å². The van der Waals surface area contributed by atoms with Crippen LogP contribution in [-0.4, -0.2) is 22.4 Å². The summed E-state index contributed by atoms with van der Waals surface area (Å²) in [5.74, 6) is 3.43. The zero-order valence-electron chi connectivity index (χ0n) is 30.3. The van der Waals surface area contributed by atoms with Crippen LogP contribution in [-0.2, 0) is 0 Å². The van der Waals surface area contributed by atoms with Crippen LogP contribution >= 0.6 is 16.1 Å². The van der Waals surface area contributed by atoms with E-state index in [1.54, 1.807) is 0 Å². The smallest absolute Gasteiger partial charge is 0.120 e. The molecule has 0 saturated heterocycles. The lowest BCUT2D eigenvalue weighted by atomic mass is 10.2. The molecule has 4 aromatic carbocycles. The van der Waals surface area contributed by atoms with E-state index in [0.717, 1.165) is 23.0 Å². The Kier molecular flexibility index (Phi) is 11.4. The van der Waals surface area contributed by atoms with Crippen LogP contribution in [0.2, 0.25) is 0 Å². The highest BCUT2D eigenvalue weighted by molar-refractivity contribution is 7.85. The molecular weight excluding hydrogens is 620 g/mol. The summed E-state index contributed by atoms with van der Waals surface area (Å²) >= 11 is 0. The molecule has 0 bridgehead atoms. The van der Waals surface area contributed by atoms with Gasteiger partial charge in [-0.3, -0.25) is 4.86 Å². The lowest BCUT2D eigenvalue weighted by Crippen LogP contribution is -2.28. The van der Waals surface area contributed by atoms with Gasteiger partial charge in [-0.1, -0.05) is 0 Å². The molecular formula is C40H53NO4P2. The minimum Gasteiger partial charge on any atom is -0.488 e. The van der Waals surface area contributed by atoms with Gasteiger partial charge in [0, 0.05) is 16.1 Å². The van der Waals surface area contributed by atoms with Crippen molar-refractivity contribution in [3.8, 4) is 23.0 Å². The van der Waals surface area contributed by atoms with Gasteiger partial charge in [0.15, 0.2) is 0 Å². The molecule has 0 aliphatic rings. The van der Waals surface area contributed by atoms with Gasteiger partial charge in [-0.25, -0.2) is 0 Å². The number of hydrogen-bond donors (Lipinski definition) is 1. The second-order valence-corrected chi connectivity index (χ2v) is 19.8. The van der Waals surface area contributed by atoms with Crippen molar-refractivity contribution < 1.29 is 18.9 Å². The largest absolute Gasteiger partial charge is 0.488 e. The quantitative estimate of drug-likeness (QED) is 0.170. The second-order valence-electron chi connectivity index (χ2n) is 15.6. The normalized spacial score (nSPS) is 12.7. The van der Waals surface area contributed by atoms with Crippen molar-refractivity contribution in [2.75, 3.05) is 0 Å². The Morgan fingerprint density at radius 2 is 0.489 bits per heavy atom. The van der Waals surface area contributed by atoms with Crippen LogP contribution in [0, 0.1) is 0 Å². The SMILES string of the molecule is CC(C)(C)Oc1ccc(P(NP(c2ccc(OC(C)(C)C)cc2)c2ccc(OC(C)(C)C)cc2)c2ccc(OC(C)(C)C)cc2)cc1. The molecule has 0 aliphatic heterocycles. The lowest BCUT2D eigenvalue weighted by molar-refractivity contribution is 0.130. The van der Waals surface area contributed by atoms with Crippen LogP contribution < -0.4 is 45.0 Å². The number of rotatable bonds is 10. The van der Waals surface area contributed by atoms with Crippen molar-refractivity contribution in [2.24, 2.45) is 0 Å². The molecule has 0 radical (unpaired) electrons. The molecule has 0 unspecified atom stereocenters. The van der Waals surface area contributed by atoms with Gasteiger partial charge >= 0.3 is 0 Å². The van der Waals surface area contributed by atoms with Gasteiger partial charge in [0.05, 0.1) is 0 Å². The Balaban J connectivity index is 1.77. The number of ether oxygens (including phenoxy) is 4. The molecule has 7 heteroatoms. The highest BCUT2D eigenvalue weighted by atomic mass is 31.2. The summed E-state index contributed by atoms with van der Waals surface area (Å²) in [6, 6.07) is 34.1. The molecule has 0 aromatic heterocycles. The number of hydrogen-bond acceptors (Lipinski definition) is 5. The van der Waals surface area contributed by atoms with Gasteiger partial charge in [0.2, 0.25) is 0 Å². The fourth-order valence-corrected chi connectivity index (χ4v) is 9.73. The Labute approximate surface area is 286 Å². The van der Waals surface area contributed by atoms with Crippen LogP contribution in [0.5, 0.6) is 23.0 Å². The van der Waals surface area contributed by atoms with Gasteiger partial charge in [-0.15, -0.1) is 0 Å². The van der Waals surface area contributed by atoms with E-state index in [0.29, 0.717) is 0 Å². The molecule has 0 saturated carbocycles. The van der Waals surface area contributed by atoms with Crippen molar-refractivity contribution in [3.63, 3.8) is 0 Å². The standard InChI is InChI=1S/C40H53NO4P2/c1-37(2,3)42-29-13-21-33(22-14-29)46(34-23-15-30(16-24-34)43-38(4,5)6)41-47(35-25-17-31(18-26-35)44-39(7,8)9)36-27-19-32(20-28-36)45-40(10,11)12/h13-28,41H,1-12H3. The number of nitrogens with one attached hydrogen (secondary N) is 1. The third-order valence-corrected chi connectivity index (χ3v) is 11.1. The molecule has 0 aliphatic carbocycles. The van der Waals surface area contributed by atoms with E-state index < -0.39 is 16.1 Å². The van der Waals surface area contributed by atoms with E-state index in [1.165, 1.54) is 21.2 Å². The van der Waals surface area contributed by atoms with Crippen molar-refractivity contribution in [2.45, 2.75) is 105 Å². The summed E-state index contributed by atoms with van der Waals surface area (Å²) in [5.41, 5.74) is -1.08. The summed E-state index contributed by atoms with van der Waals surface area (Å²) in [7, 11) is -1.97. The molecule has 1 N–H and O–H groups in total. The second kappa shape index (κ2) is 14.6. The fraction of sp³-hybridized carbons (Fsp3) is 0.400. The molecule has 0 heterocycles. The molecule has 47 heavy (non-hydrogen) atoms. The molecule has 252 valence electrons. The van der Waals surface area contributed by atoms with Gasteiger partial charge < -0.3 is 18.9 Å². The molecule has 0 amide bonds. The molecule has 0 atom stereocenters. The van der Waals surface area contributed by atoms with Crippen LogP contribution in [0.4, 0.5) is 0 Å². The first-order valence-electron chi connectivity index (χ1n) is 16.3. The van der Waals surface area contributed by atoms with Crippen LogP contribution in [0.25, 0.3) is 0 Å². The van der Waals surface area contributed by atoms with Gasteiger partial charge in [0.1, 0.15) is 45.4 Å². The highest BCUT2D eigenvalue weighted by Gasteiger charge is 2.24. The van der Waals surface area contributed by atoms with E-state index >= 15 is 0 Å². The fourth-order valence-electron chi connectivity index (χ4n) is 4.70. The Bertz CT molecular complexity index is 1320. The lowest BCUT2D eigenvalue weighted by Gasteiger charge is -2.29. The predicted octanol–water partition coefficient (Wildman–Crippen LogP) is 9.38. The van der Waals surface area contributed by atoms with Gasteiger partial charge in [-0.05, 0) is 201 Å². The maximum atomic E-state index is 6.17. The first-order valence-corrected chi connectivity index (χ1v) is 18.9. The molecule has 4 aromatic rings. The van der Waals surface area contributed by atoms with E-state index in [1.807, 2.05) is 0 Å². The van der Waals surface area contributed by atoms with Crippen molar-refractivity contribution in [1.82, 2.24) is 4.86 Å². The van der Waals surface area contributed by atoms with Crippen LogP contribution in [0.3, 0.4) is 0 Å². The zero-order chi connectivity index (χ0) is 34.6. The number of benzene rings is 4. The highest BCUT2D eigenvalue weighted by Crippen LogP contribution is 2.43. The van der Waals surface area contributed by atoms with Gasteiger partial charge in [-0.2, -0.15) is 0 Å². The summed E-state index contributed by atoms with van der Waals surface area (Å²) in [6.45, 7) is 24.8. The van der Waals surface area contributed by atoms with E-state index in [9.17, 15) is 0 Å². The maximum absolute atomic E-state index is 6.17. The summed E-state index contributed by atoms with van der Waals surface area (Å²) in [4.78, 5) is 4.16. The van der Waals surface area contributed by atoms with Crippen molar-refractivity contribution >= 4 is 37.4 Å². The molecule has 0 fully saturated rings. The predicted molar refractivity (Wildman–Crippen MR) is 203 cm³/mol. The first kappa shape index (κ1) is 36.7. The molecule has 5 nitrogen and oxygen atoms in total. The van der Waals surface area contributed by atoms with Crippen molar-refractivity contribution in [3.05, 3.63) is 97.1 Å². The minimum atomic E-state index is -0.983. The summed E-state index contributed by atoms with van der Waals surface area (Å²) in [5, 5.41) is 4.83. The monoisotopic (exact) mass is 673 g/mol. The minimum absolute atomic E-state index is 0.270. The Morgan fingerprint density at radius 1 is 0.319 bits per heavy atom. The summed E-state index contributed by atoms with van der Waals surface area (Å²) < 4.78 is 24.7.